The molecule has 19 heavy (non-hydrogen) atoms. The highest BCUT2D eigenvalue weighted by Crippen LogP contribution is 2.41. The molecule has 0 saturated carbocycles. The van der Waals surface area contributed by atoms with Gasteiger partial charge in [-0.05, 0) is 25.6 Å². The summed E-state index contributed by atoms with van der Waals surface area (Å²) in [5.74, 6) is 3.36. The molecule has 1 aromatic rings. The lowest BCUT2D eigenvalue weighted by atomic mass is 10.0. The standard InChI is InChI=1S/C14H22N2OS2/c1-4-11-14(19-9-8-18-11)13(15-2)12-10(17-3)6-5-7-16-12/h5-7,11,13-15H,4,8-9H2,1-3H3. The number of rotatable bonds is 5. The number of nitrogens with one attached hydrogen (secondary N) is 1. The summed E-state index contributed by atoms with van der Waals surface area (Å²) >= 11 is 4.16. The van der Waals surface area contributed by atoms with Crippen LogP contribution >= 0.6 is 23.5 Å². The van der Waals surface area contributed by atoms with Crippen LogP contribution in [-0.2, 0) is 0 Å². The van der Waals surface area contributed by atoms with Gasteiger partial charge in [0.1, 0.15) is 11.4 Å². The second-order valence-electron chi connectivity index (χ2n) is 4.51. The van der Waals surface area contributed by atoms with Crippen molar-refractivity contribution < 1.29 is 4.74 Å². The largest absolute Gasteiger partial charge is 0.495 e. The van der Waals surface area contributed by atoms with Crippen LogP contribution in [-0.4, -0.2) is 41.1 Å². The van der Waals surface area contributed by atoms with Gasteiger partial charge in [-0.2, -0.15) is 23.5 Å². The van der Waals surface area contributed by atoms with Gasteiger partial charge in [0.25, 0.3) is 0 Å². The molecule has 1 N–H and O–H groups in total. The van der Waals surface area contributed by atoms with Crippen molar-refractivity contribution in [2.24, 2.45) is 0 Å². The summed E-state index contributed by atoms with van der Waals surface area (Å²) in [6, 6.07) is 4.17. The molecule has 0 aromatic carbocycles. The average Bonchev–Trinajstić information content (AvgIpc) is 2.49. The van der Waals surface area contributed by atoms with Gasteiger partial charge in [0, 0.05) is 28.2 Å². The Labute approximate surface area is 124 Å². The van der Waals surface area contributed by atoms with E-state index in [1.165, 1.54) is 17.9 Å². The van der Waals surface area contributed by atoms with Crippen molar-refractivity contribution in [2.75, 3.05) is 25.7 Å². The van der Waals surface area contributed by atoms with Gasteiger partial charge in [0.15, 0.2) is 0 Å². The molecule has 1 aliphatic heterocycles. The number of hydrogen-bond acceptors (Lipinski definition) is 5. The maximum atomic E-state index is 5.47. The molecule has 5 heteroatoms. The number of methoxy groups -OCH3 is 1. The van der Waals surface area contributed by atoms with E-state index in [9.17, 15) is 0 Å². The fourth-order valence-electron chi connectivity index (χ4n) is 2.51. The Hall–Kier alpha value is -0.390. The van der Waals surface area contributed by atoms with Crippen LogP contribution < -0.4 is 10.1 Å². The summed E-state index contributed by atoms with van der Waals surface area (Å²) in [4.78, 5) is 4.55. The molecule has 1 aromatic heterocycles. The SMILES string of the molecule is CCC1SCCSC1C(NC)c1ncccc1OC. The zero-order chi connectivity index (χ0) is 13.7. The number of hydrogen-bond donors (Lipinski definition) is 1. The minimum atomic E-state index is 0.249. The highest BCUT2D eigenvalue weighted by atomic mass is 32.2. The number of aromatic nitrogens is 1. The van der Waals surface area contributed by atoms with Crippen LogP contribution in [0, 0.1) is 0 Å². The Kier molecular flexibility index (Phi) is 5.85. The summed E-state index contributed by atoms with van der Waals surface area (Å²) < 4.78 is 5.47. The first-order valence-corrected chi connectivity index (χ1v) is 8.81. The third-order valence-corrected chi connectivity index (χ3v) is 6.80. The molecule has 0 amide bonds. The Morgan fingerprint density at radius 3 is 2.95 bits per heavy atom. The zero-order valence-corrected chi connectivity index (χ0v) is 13.4. The molecule has 0 spiro atoms. The molecule has 3 atom stereocenters. The van der Waals surface area contributed by atoms with Crippen LogP contribution in [0.3, 0.4) is 0 Å². The van der Waals surface area contributed by atoms with Crippen molar-refractivity contribution in [2.45, 2.75) is 29.9 Å². The van der Waals surface area contributed by atoms with Gasteiger partial charge in [-0.3, -0.25) is 4.98 Å². The maximum absolute atomic E-state index is 5.47. The summed E-state index contributed by atoms with van der Waals surface area (Å²) in [7, 11) is 3.73. The first-order chi connectivity index (χ1) is 9.31. The second kappa shape index (κ2) is 7.41. The number of nitrogens with zero attached hydrogens (tertiary/aromatic N) is 1. The Morgan fingerprint density at radius 1 is 1.47 bits per heavy atom. The summed E-state index contributed by atoms with van der Waals surface area (Å²) in [6.07, 6.45) is 3.06. The van der Waals surface area contributed by atoms with E-state index < -0.39 is 0 Å². The molecule has 106 valence electrons. The van der Waals surface area contributed by atoms with Crippen molar-refractivity contribution in [1.82, 2.24) is 10.3 Å². The van der Waals surface area contributed by atoms with Gasteiger partial charge in [-0.15, -0.1) is 0 Å². The topological polar surface area (TPSA) is 34.2 Å². The first-order valence-electron chi connectivity index (χ1n) is 6.71. The minimum Gasteiger partial charge on any atom is -0.495 e. The quantitative estimate of drug-likeness (QED) is 0.904. The van der Waals surface area contributed by atoms with E-state index in [0.717, 1.165) is 11.4 Å². The molecule has 0 aliphatic carbocycles. The lowest BCUT2D eigenvalue weighted by molar-refractivity contribution is 0.394. The van der Waals surface area contributed by atoms with Gasteiger partial charge in [-0.25, -0.2) is 0 Å². The number of thioether (sulfide) groups is 2. The van der Waals surface area contributed by atoms with Gasteiger partial charge in [0.2, 0.25) is 0 Å². The Morgan fingerprint density at radius 2 is 2.26 bits per heavy atom. The lowest BCUT2D eigenvalue weighted by Crippen LogP contribution is -2.37. The van der Waals surface area contributed by atoms with Crippen LogP contribution in [0.1, 0.15) is 25.1 Å². The smallest absolute Gasteiger partial charge is 0.142 e. The van der Waals surface area contributed by atoms with Crippen LogP contribution in [0.25, 0.3) is 0 Å². The van der Waals surface area contributed by atoms with E-state index in [1.54, 1.807) is 7.11 Å². The zero-order valence-electron chi connectivity index (χ0n) is 11.8. The van der Waals surface area contributed by atoms with Gasteiger partial charge in [0.05, 0.1) is 13.2 Å². The van der Waals surface area contributed by atoms with E-state index in [0.29, 0.717) is 10.5 Å². The predicted molar refractivity (Wildman–Crippen MR) is 85.4 cm³/mol. The monoisotopic (exact) mass is 298 g/mol. The van der Waals surface area contributed by atoms with Gasteiger partial charge >= 0.3 is 0 Å². The van der Waals surface area contributed by atoms with Gasteiger partial charge in [-0.1, -0.05) is 6.92 Å². The third kappa shape index (κ3) is 3.38. The highest BCUT2D eigenvalue weighted by Gasteiger charge is 2.34. The molecule has 0 bridgehead atoms. The van der Waals surface area contributed by atoms with E-state index in [2.05, 4.69) is 40.7 Å². The molecule has 3 unspecified atom stereocenters. The Bertz CT molecular complexity index is 403. The molecule has 0 radical (unpaired) electrons. The molecule has 2 heterocycles. The summed E-state index contributed by atoms with van der Waals surface area (Å²) in [6.45, 7) is 2.28. The predicted octanol–water partition coefficient (Wildman–Crippen LogP) is 2.98. The number of ether oxygens (including phenoxy) is 1. The minimum absolute atomic E-state index is 0.249. The lowest BCUT2D eigenvalue weighted by Gasteiger charge is -2.35. The molecule has 1 aliphatic rings. The molecular formula is C14H22N2OS2. The average molecular weight is 298 g/mol. The Balaban J connectivity index is 2.27. The van der Waals surface area contributed by atoms with Crippen molar-refractivity contribution >= 4 is 23.5 Å². The molecule has 2 rings (SSSR count). The van der Waals surface area contributed by atoms with Gasteiger partial charge < -0.3 is 10.1 Å². The van der Waals surface area contributed by atoms with Crippen LogP contribution in [0.15, 0.2) is 18.3 Å². The molecule has 3 nitrogen and oxygen atoms in total. The normalized spacial score (nSPS) is 25.0. The van der Waals surface area contributed by atoms with Crippen LogP contribution in [0.4, 0.5) is 0 Å². The molecule has 1 fully saturated rings. The number of pyridine rings is 1. The van der Waals surface area contributed by atoms with Crippen LogP contribution in [0.2, 0.25) is 0 Å². The van der Waals surface area contributed by atoms with Crippen molar-refractivity contribution in [1.29, 1.82) is 0 Å². The van der Waals surface area contributed by atoms with Crippen LogP contribution in [0.5, 0.6) is 5.75 Å². The molecular weight excluding hydrogens is 276 g/mol. The van der Waals surface area contributed by atoms with E-state index in [-0.39, 0.29) is 6.04 Å². The fraction of sp³-hybridized carbons (Fsp3) is 0.643. The highest BCUT2D eigenvalue weighted by molar-refractivity contribution is 8.07. The molecule has 1 saturated heterocycles. The van der Waals surface area contributed by atoms with Crippen molar-refractivity contribution in [3.05, 3.63) is 24.0 Å². The van der Waals surface area contributed by atoms with E-state index in [1.807, 2.05) is 25.4 Å². The van der Waals surface area contributed by atoms with Crippen molar-refractivity contribution in [3.8, 4) is 5.75 Å². The second-order valence-corrected chi connectivity index (χ2v) is 7.14. The summed E-state index contributed by atoms with van der Waals surface area (Å²) in [5.41, 5.74) is 1.03. The fourth-order valence-corrected chi connectivity index (χ4v) is 5.78. The van der Waals surface area contributed by atoms with E-state index >= 15 is 0 Å². The third-order valence-electron chi connectivity index (χ3n) is 3.45. The van der Waals surface area contributed by atoms with Crippen molar-refractivity contribution in [3.63, 3.8) is 0 Å². The van der Waals surface area contributed by atoms with E-state index in [4.69, 9.17) is 4.74 Å². The first kappa shape index (κ1) is 15.0. The maximum Gasteiger partial charge on any atom is 0.142 e. The summed E-state index contributed by atoms with van der Waals surface area (Å²) in [5, 5.41) is 4.69.